The van der Waals surface area contributed by atoms with Gasteiger partial charge in [-0.05, 0) is 144 Å². The average Bonchev–Trinajstić information content (AvgIpc) is 2.86. The molecule has 0 spiro atoms. The van der Waals surface area contributed by atoms with Crippen molar-refractivity contribution in [3.8, 4) is 0 Å². The molecule has 0 saturated heterocycles. The molecule has 0 aliphatic heterocycles. The number of hydrogen-bond acceptors (Lipinski definition) is 0. The van der Waals surface area contributed by atoms with Gasteiger partial charge >= 0.3 is 0 Å². The van der Waals surface area contributed by atoms with Crippen LogP contribution in [-0.2, 0) is 0 Å². The van der Waals surface area contributed by atoms with Crippen molar-refractivity contribution in [2.45, 2.75) is 117 Å². The third kappa shape index (κ3) is 7.92. The molecule has 0 aromatic carbocycles. The van der Waals surface area contributed by atoms with Gasteiger partial charge in [0.15, 0.2) is 0 Å². The van der Waals surface area contributed by atoms with Crippen LogP contribution >= 0.6 is 0 Å². The van der Waals surface area contributed by atoms with Crippen molar-refractivity contribution in [3.05, 3.63) is 37.5 Å². The predicted molar refractivity (Wildman–Crippen MR) is 151 cm³/mol. The van der Waals surface area contributed by atoms with Crippen LogP contribution in [0.15, 0.2) is 37.5 Å². The van der Waals surface area contributed by atoms with Crippen LogP contribution in [0, 0.1) is 47.3 Å². The molecule has 0 nitrogen and oxygen atoms in total. The SMILES string of the molecule is C=CC1CCC(C2CCC(/C=C/C)CC2)CC1.C=CC1CCC(C2CCC(C)CC2)CC1.[HH].[HH].[HH].[HH]. The molecule has 190 valence electrons. The van der Waals surface area contributed by atoms with Crippen molar-refractivity contribution in [3.63, 3.8) is 0 Å². The molecule has 0 radical (unpaired) electrons. The molecule has 4 aliphatic rings. The Labute approximate surface area is 207 Å². The lowest BCUT2D eigenvalue weighted by molar-refractivity contribution is 0.160. The Kier molecular flexibility index (Phi) is 11.2. The van der Waals surface area contributed by atoms with Crippen molar-refractivity contribution in [1.29, 1.82) is 0 Å². The molecule has 0 atom stereocenters. The summed E-state index contributed by atoms with van der Waals surface area (Å²) in [6, 6.07) is 0. The Hall–Kier alpha value is -0.780. The fourth-order valence-electron chi connectivity index (χ4n) is 7.54. The van der Waals surface area contributed by atoms with Crippen LogP contribution in [0.2, 0.25) is 0 Å². The van der Waals surface area contributed by atoms with Gasteiger partial charge in [-0.15, -0.1) is 13.2 Å². The van der Waals surface area contributed by atoms with Crippen LogP contribution < -0.4 is 0 Å². The lowest BCUT2D eigenvalue weighted by Crippen LogP contribution is -2.25. The highest BCUT2D eigenvalue weighted by molar-refractivity contribution is 4.92. The van der Waals surface area contributed by atoms with E-state index in [1.54, 1.807) is 0 Å². The summed E-state index contributed by atoms with van der Waals surface area (Å²) < 4.78 is 0. The predicted octanol–water partition coefficient (Wildman–Crippen LogP) is 11.2. The second kappa shape index (κ2) is 13.8. The van der Waals surface area contributed by atoms with E-state index in [0.717, 1.165) is 47.3 Å². The molecule has 4 rings (SSSR count). The zero-order valence-corrected chi connectivity index (χ0v) is 21.7. The maximum absolute atomic E-state index is 3.94. The Bertz CT molecular complexity index is 557. The minimum atomic E-state index is 0. The third-order valence-corrected chi connectivity index (χ3v) is 9.97. The average molecular weight is 447 g/mol. The standard InChI is InChI=1S/C17H28.C15H26.4H2/c1-3-5-15-8-12-17(13-9-15)16-10-6-14(4-2)7-11-16;1-3-13-6-10-15(11-7-13)14-8-4-12(2)5-9-14;;;;/h3-5,14-17H,2,6-13H2,1H3;3,12-15H,1,4-11H2,2H3;4*1H/b5-3+;;;;;. The normalized spacial score (nSPS) is 40.8. The van der Waals surface area contributed by atoms with Gasteiger partial charge in [-0.3, -0.25) is 0 Å². The van der Waals surface area contributed by atoms with E-state index in [2.05, 4.69) is 51.3 Å². The fraction of sp³-hybridized carbons (Fsp3) is 0.812. The smallest absolute Gasteiger partial charge is 0 e. The first-order valence-corrected chi connectivity index (χ1v) is 14.5. The molecular formula is C32H62. The molecule has 4 fully saturated rings. The van der Waals surface area contributed by atoms with Crippen molar-refractivity contribution in [2.24, 2.45) is 47.3 Å². The van der Waals surface area contributed by atoms with E-state index in [9.17, 15) is 0 Å². The van der Waals surface area contributed by atoms with E-state index < -0.39 is 0 Å². The molecule has 0 aromatic rings. The third-order valence-electron chi connectivity index (χ3n) is 9.97. The zero-order chi connectivity index (χ0) is 22.8. The van der Waals surface area contributed by atoms with Crippen LogP contribution in [0.5, 0.6) is 0 Å². The highest BCUT2D eigenvalue weighted by atomic mass is 14.4. The highest BCUT2D eigenvalue weighted by Gasteiger charge is 2.30. The molecule has 0 N–H and O–H groups in total. The number of rotatable bonds is 5. The molecular weight excluding hydrogens is 384 g/mol. The van der Waals surface area contributed by atoms with Gasteiger partial charge < -0.3 is 0 Å². The summed E-state index contributed by atoms with van der Waals surface area (Å²) in [6.45, 7) is 12.5. The lowest BCUT2D eigenvalue weighted by Gasteiger charge is -2.36. The Balaban J connectivity index is 0. The summed E-state index contributed by atoms with van der Waals surface area (Å²) in [5.41, 5.74) is 0. The molecule has 0 bridgehead atoms. The molecule has 0 heterocycles. The topological polar surface area (TPSA) is 0 Å². The second-order valence-electron chi connectivity index (χ2n) is 12.0. The zero-order valence-electron chi connectivity index (χ0n) is 21.7. The van der Waals surface area contributed by atoms with Gasteiger partial charge in [0.25, 0.3) is 0 Å². The quantitative estimate of drug-likeness (QED) is 0.368. The minimum absolute atomic E-state index is 0. The van der Waals surface area contributed by atoms with E-state index in [0.29, 0.717) is 0 Å². The van der Waals surface area contributed by atoms with E-state index in [1.807, 2.05) is 0 Å². The summed E-state index contributed by atoms with van der Waals surface area (Å²) in [4.78, 5) is 0. The van der Waals surface area contributed by atoms with Gasteiger partial charge in [0, 0.05) is 5.71 Å². The second-order valence-corrected chi connectivity index (χ2v) is 12.0. The monoisotopic (exact) mass is 446 g/mol. The first-order valence-electron chi connectivity index (χ1n) is 14.5. The van der Waals surface area contributed by atoms with Crippen LogP contribution in [-0.4, -0.2) is 0 Å². The maximum atomic E-state index is 3.94. The van der Waals surface area contributed by atoms with Crippen molar-refractivity contribution in [1.82, 2.24) is 0 Å². The summed E-state index contributed by atoms with van der Waals surface area (Å²) >= 11 is 0. The fourth-order valence-corrected chi connectivity index (χ4v) is 7.54. The minimum Gasteiger partial charge on any atom is -0.103 e. The Morgan fingerprint density at radius 1 is 0.500 bits per heavy atom. The molecule has 4 saturated carbocycles. The van der Waals surface area contributed by atoms with Gasteiger partial charge in [-0.1, -0.05) is 44.1 Å². The van der Waals surface area contributed by atoms with E-state index in [-0.39, 0.29) is 5.71 Å². The lowest BCUT2D eigenvalue weighted by atomic mass is 9.69. The summed E-state index contributed by atoms with van der Waals surface area (Å²) in [5.74, 6) is 7.78. The van der Waals surface area contributed by atoms with Crippen LogP contribution in [0.1, 0.15) is 122 Å². The summed E-state index contributed by atoms with van der Waals surface area (Å²) in [7, 11) is 0. The molecule has 32 heavy (non-hydrogen) atoms. The summed E-state index contributed by atoms with van der Waals surface area (Å²) in [5, 5.41) is 0. The first-order chi connectivity index (χ1) is 15.6. The molecule has 0 amide bonds. The van der Waals surface area contributed by atoms with Gasteiger partial charge in [-0.2, -0.15) is 0 Å². The Morgan fingerprint density at radius 2 is 0.812 bits per heavy atom. The van der Waals surface area contributed by atoms with Crippen LogP contribution in [0.25, 0.3) is 0 Å². The molecule has 0 aromatic heterocycles. The molecule has 0 unspecified atom stereocenters. The first kappa shape index (κ1) is 25.8. The van der Waals surface area contributed by atoms with Crippen molar-refractivity contribution < 1.29 is 5.71 Å². The van der Waals surface area contributed by atoms with Gasteiger partial charge in [0.2, 0.25) is 0 Å². The van der Waals surface area contributed by atoms with Gasteiger partial charge in [0.1, 0.15) is 0 Å². The van der Waals surface area contributed by atoms with E-state index in [4.69, 9.17) is 0 Å². The van der Waals surface area contributed by atoms with Crippen molar-refractivity contribution in [2.75, 3.05) is 0 Å². The largest absolute Gasteiger partial charge is 0.103 e. The Morgan fingerprint density at radius 3 is 1.12 bits per heavy atom. The number of allylic oxidation sites excluding steroid dienone is 4. The van der Waals surface area contributed by atoms with E-state index >= 15 is 0 Å². The van der Waals surface area contributed by atoms with Crippen LogP contribution in [0.4, 0.5) is 0 Å². The van der Waals surface area contributed by atoms with Crippen molar-refractivity contribution >= 4 is 0 Å². The van der Waals surface area contributed by atoms with E-state index in [1.165, 1.54) is 103 Å². The molecule has 0 heteroatoms. The van der Waals surface area contributed by atoms with Gasteiger partial charge in [0.05, 0.1) is 0 Å². The van der Waals surface area contributed by atoms with Gasteiger partial charge in [-0.25, -0.2) is 0 Å². The maximum Gasteiger partial charge on any atom is 0 e. The number of hydrogen-bond donors (Lipinski definition) is 0. The summed E-state index contributed by atoms with van der Waals surface area (Å²) in [6.07, 6.45) is 32.4. The van der Waals surface area contributed by atoms with Crippen LogP contribution in [0.3, 0.4) is 0 Å². The molecule has 4 aliphatic carbocycles. The highest BCUT2D eigenvalue weighted by Crippen LogP contribution is 2.42.